The minimum atomic E-state index is -0.161. The fraction of sp³-hybridized carbons (Fsp3) is 0.235. The summed E-state index contributed by atoms with van der Waals surface area (Å²) >= 11 is 0. The lowest BCUT2D eigenvalue weighted by Crippen LogP contribution is -2.14. The summed E-state index contributed by atoms with van der Waals surface area (Å²) in [6.07, 6.45) is 3.95. The number of nitrogens with two attached hydrogens (primary N) is 1. The van der Waals surface area contributed by atoms with Crippen molar-refractivity contribution in [3.63, 3.8) is 0 Å². The second-order valence-corrected chi connectivity index (χ2v) is 5.44. The van der Waals surface area contributed by atoms with Crippen LogP contribution in [0.25, 0.3) is 5.65 Å². The molecule has 1 aromatic carbocycles. The Kier molecular flexibility index (Phi) is 3.07. The summed E-state index contributed by atoms with van der Waals surface area (Å²) in [7, 11) is 0. The van der Waals surface area contributed by atoms with E-state index in [1.54, 1.807) is 0 Å². The van der Waals surface area contributed by atoms with Gasteiger partial charge in [-0.2, -0.15) is 0 Å². The van der Waals surface area contributed by atoms with Gasteiger partial charge in [0.25, 0.3) is 0 Å². The normalized spacial score (nSPS) is 12.8. The van der Waals surface area contributed by atoms with Crippen LogP contribution in [0, 0.1) is 20.8 Å². The average molecular weight is 265 g/mol. The number of aryl methyl sites for hydroxylation is 3. The lowest BCUT2D eigenvalue weighted by molar-refractivity contribution is 0.812. The van der Waals surface area contributed by atoms with Gasteiger partial charge in [-0.25, -0.2) is 4.98 Å². The standard InChI is InChI=1S/C17H19N3/c1-11-4-7-16-19-9-15(20(16)10-11)17(18)14-6-5-12(2)13(3)8-14/h4-10,17H,18H2,1-3H3. The van der Waals surface area contributed by atoms with Crippen LogP contribution in [0.2, 0.25) is 0 Å². The first-order chi connectivity index (χ1) is 9.56. The van der Waals surface area contributed by atoms with Gasteiger partial charge in [0.1, 0.15) is 5.65 Å². The van der Waals surface area contributed by atoms with Crippen LogP contribution in [0.1, 0.15) is 34.0 Å². The number of aromatic nitrogens is 2. The molecule has 0 bridgehead atoms. The van der Waals surface area contributed by atoms with Crippen molar-refractivity contribution in [2.24, 2.45) is 5.73 Å². The summed E-state index contributed by atoms with van der Waals surface area (Å²) in [6.45, 7) is 6.30. The minimum Gasteiger partial charge on any atom is -0.319 e. The van der Waals surface area contributed by atoms with Crippen LogP contribution in [0.15, 0.2) is 42.7 Å². The summed E-state index contributed by atoms with van der Waals surface area (Å²) in [5.41, 5.74) is 13.3. The number of nitrogens with zero attached hydrogens (tertiary/aromatic N) is 2. The number of fused-ring (bicyclic) bond motifs is 1. The molecule has 0 saturated carbocycles. The van der Waals surface area contributed by atoms with Crippen LogP contribution in [0.3, 0.4) is 0 Å². The average Bonchev–Trinajstić information content (AvgIpc) is 2.84. The van der Waals surface area contributed by atoms with Crippen LogP contribution in [0.4, 0.5) is 0 Å². The van der Waals surface area contributed by atoms with Gasteiger partial charge in [-0.3, -0.25) is 0 Å². The number of pyridine rings is 1. The zero-order valence-electron chi connectivity index (χ0n) is 12.1. The Balaban J connectivity index is 2.09. The summed E-state index contributed by atoms with van der Waals surface area (Å²) < 4.78 is 2.08. The quantitative estimate of drug-likeness (QED) is 0.772. The van der Waals surface area contributed by atoms with Crippen molar-refractivity contribution in [3.05, 3.63) is 70.7 Å². The molecular weight excluding hydrogens is 246 g/mol. The second kappa shape index (κ2) is 4.76. The Morgan fingerprint density at radius 2 is 1.85 bits per heavy atom. The van der Waals surface area contributed by atoms with E-state index in [1.165, 1.54) is 16.7 Å². The molecular formula is C17H19N3. The maximum absolute atomic E-state index is 6.44. The molecule has 2 heterocycles. The van der Waals surface area contributed by atoms with E-state index in [4.69, 9.17) is 5.73 Å². The number of rotatable bonds is 2. The predicted octanol–water partition coefficient (Wildman–Crippen LogP) is 3.31. The van der Waals surface area contributed by atoms with E-state index in [-0.39, 0.29) is 6.04 Å². The third-order valence-corrected chi connectivity index (χ3v) is 3.89. The van der Waals surface area contributed by atoms with Gasteiger partial charge in [0.05, 0.1) is 17.9 Å². The molecule has 0 fully saturated rings. The van der Waals surface area contributed by atoms with Gasteiger partial charge in [0.15, 0.2) is 0 Å². The Bertz CT molecular complexity index is 771. The highest BCUT2D eigenvalue weighted by Gasteiger charge is 2.14. The fourth-order valence-corrected chi connectivity index (χ4v) is 2.46. The molecule has 0 aliphatic rings. The van der Waals surface area contributed by atoms with Crippen molar-refractivity contribution in [2.75, 3.05) is 0 Å². The highest BCUT2D eigenvalue weighted by molar-refractivity contribution is 5.44. The van der Waals surface area contributed by atoms with Gasteiger partial charge in [0.2, 0.25) is 0 Å². The molecule has 3 heteroatoms. The first kappa shape index (κ1) is 12.9. The van der Waals surface area contributed by atoms with Crippen molar-refractivity contribution in [1.82, 2.24) is 9.38 Å². The highest BCUT2D eigenvalue weighted by Crippen LogP contribution is 2.23. The van der Waals surface area contributed by atoms with Crippen LogP contribution in [-0.4, -0.2) is 9.38 Å². The van der Waals surface area contributed by atoms with Crippen molar-refractivity contribution >= 4 is 5.65 Å². The number of imidazole rings is 1. The van der Waals surface area contributed by atoms with Crippen LogP contribution in [-0.2, 0) is 0 Å². The van der Waals surface area contributed by atoms with E-state index in [1.807, 2.05) is 12.3 Å². The molecule has 3 aromatic rings. The maximum Gasteiger partial charge on any atom is 0.136 e. The van der Waals surface area contributed by atoms with E-state index < -0.39 is 0 Å². The van der Waals surface area contributed by atoms with Crippen molar-refractivity contribution in [2.45, 2.75) is 26.8 Å². The van der Waals surface area contributed by atoms with Gasteiger partial charge in [-0.05, 0) is 49.1 Å². The third-order valence-electron chi connectivity index (χ3n) is 3.89. The van der Waals surface area contributed by atoms with Gasteiger partial charge in [-0.15, -0.1) is 0 Å². The van der Waals surface area contributed by atoms with Crippen molar-refractivity contribution in [1.29, 1.82) is 0 Å². The van der Waals surface area contributed by atoms with E-state index in [0.29, 0.717) is 0 Å². The molecule has 0 aliphatic carbocycles. The molecule has 0 radical (unpaired) electrons. The molecule has 2 aromatic heterocycles. The van der Waals surface area contributed by atoms with Crippen molar-refractivity contribution < 1.29 is 0 Å². The minimum absolute atomic E-state index is 0.161. The lowest BCUT2D eigenvalue weighted by Gasteiger charge is -2.14. The molecule has 0 spiro atoms. The molecule has 2 N–H and O–H groups in total. The SMILES string of the molecule is Cc1ccc2ncc(C(N)c3ccc(C)c(C)c3)n2c1. The first-order valence-corrected chi connectivity index (χ1v) is 6.82. The van der Waals surface area contributed by atoms with E-state index in [9.17, 15) is 0 Å². The summed E-state index contributed by atoms with van der Waals surface area (Å²) in [5.74, 6) is 0. The summed E-state index contributed by atoms with van der Waals surface area (Å²) in [6, 6.07) is 10.3. The Morgan fingerprint density at radius 3 is 2.60 bits per heavy atom. The van der Waals surface area contributed by atoms with Gasteiger partial charge >= 0.3 is 0 Å². The van der Waals surface area contributed by atoms with Crippen LogP contribution >= 0.6 is 0 Å². The lowest BCUT2D eigenvalue weighted by atomic mass is 10.00. The van der Waals surface area contributed by atoms with E-state index >= 15 is 0 Å². The summed E-state index contributed by atoms with van der Waals surface area (Å²) in [5, 5.41) is 0. The zero-order chi connectivity index (χ0) is 14.3. The third kappa shape index (κ3) is 2.10. The molecule has 0 amide bonds. The molecule has 0 saturated heterocycles. The molecule has 1 atom stereocenters. The largest absolute Gasteiger partial charge is 0.319 e. The Labute approximate surface area is 119 Å². The molecule has 0 aliphatic heterocycles. The second-order valence-electron chi connectivity index (χ2n) is 5.44. The monoisotopic (exact) mass is 265 g/mol. The van der Waals surface area contributed by atoms with E-state index in [0.717, 1.165) is 16.9 Å². The predicted molar refractivity (Wildman–Crippen MR) is 81.9 cm³/mol. The summed E-state index contributed by atoms with van der Waals surface area (Å²) in [4.78, 5) is 4.43. The number of benzene rings is 1. The zero-order valence-corrected chi connectivity index (χ0v) is 12.1. The Morgan fingerprint density at radius 1 is 1.05 bits per heavy atom. The van der Waals surface area contributed by atoms with Crippen LogP contribution < -0.4 is 5.73 Å². The molecule has 20 heavy (non-hydrogen) atoms. The van der Waals surface area contributed by atoms with Gasteiger partial charge < -0.3 is 10.1 Å². The molecule has 1 unspecified atom stereocenters. The van der Waals surface area contributed by atoms with Gasteiger partial charge in [0, 0.05) is 6.20 Å². The smallest absolute Gasteiger partial charge is 0.136 e. The topological polar surface area (TPSA) is 43.3 Å². The van der Waals surface area contributed by atoms with E-state index in [2.05, 4.69) is 60.6 Å². The van der Waals surface area contributed by atoms with Crippen LogP contribution in [0.5, 0.6) is 0 Å². The fourth-order valence-electron chi connectivity index (χ4n) is 2.46. The maximum atomic E-state index is 6.44. The highest BCUT2D eigenvalue weighted by atomic mass is 15.0. The molecule has 3 nitrogen and oxygen atoms in total. The number of hydrogen-bond donors (Lipinski definition) is 1. The van der Waals surface area contributed by atoms with Crippen molar-refractivity contribution in [3.8, 4) is 0 Å². The molecule has 3 rings (SSSR count). The van der Waals surface area contributed by atoms with Gasteiger partial charge in [-0.1, -0.05) is 24.3 Å². The Hall–Kier alpha value is -2.13. The first-order valence-electron chi connectivity index (χ1n) is 6.82. The molecule has 102 valence electrons. The number of hydrogen-bond acceptors (Lipinski definition) is 2.